The molecule has 4 N–H and O–H groups in total. The second-order valence-corrected chi connectivity index (χ2v) is 3.53. The molecule has 0 saturated heterocycles. The van der Waals surface area contributed by atoms with Gasteiger partial charge in [-0.15, -0.1) is 0 Å². The summed E-state index contributed by atoms with van der Waals surface area (Å²) in [6.07, 6.45) is 1.71. The van der Waals surface area contributed by atoms with E-state index >= 15 is 0 Å². The zero-order valence-electron chi connectivity index (χ0n) is 14.8. The van der Waals surface area contributed by atoms with Gasteiger partial charge >= 0.3 is 27.7 Å². The van der Waals surface area contributed by atoms with Gasteiger partial charge < -0.3 is 43.9 Å². The van der Waals surface area contributed by atoms with Crippen molar-refractivity contribution in [1.82, 2.24) is 0 Å². The van der Waals surface area contributed by atoms with Crippen LogP contribution in [0.1, 0.15) is 40.5 Å². The Labute approximate surface area is 159 Å². The topological polar surface area (TPSA) is 150 Å². The largest absolute Gasteiger partial charge is 3.00 e. The van der Waals surface area contributed by atoms with Gasteiger partial charge in [0.05, 0.1) is 19.6 Å². The molecule has 0 aliphatic rings. The Bertz CT molecular complexity index is 289. The van der Waals surface area contributed by atoms with Gasteiger partial charge in [0.15, 0.2) is 5.97 Å². The average Bonchev–Trinajstić information content (AvgIpc) is 2.29. The Balaban J connectivity index is -0.0000000523. The molecule has 0 aromatic heterocycles. The van der Waals surface area contributed by atoms with Crippen molar-refractivity contribution < 1.29 is 61.3 Å². The van der Waals surface area contributed by atoms with Crippen LogP contribution in [-0.4, -0.2) is 47.7 Å². The molecule has 0 aromatic carbocycles. The summed E-state index contributed by atoms with van der Waals surface area (Å²) in [4.78, 5) is 41.0. The minimum Gasteiger partial charge on any atom is -0.488 e. The summed E-state index contributed by atoms with van der Waals surface area (Å²) >= 11 is 0. The summed E-state index contributed by atoms with van der Waals surface area (Å²) in [7, 11) is 0. The first kappa shape index (κ1) is 38.3. The van der Waals surface area contributed by atoms with Crippen molar-refractivity contribution in [3.63, 3.8) is 0 Å². The van der Waals surface area contributed by atoms with Gasteiger partial charge in [-0.3, -0.25) is 9.59 Å². The summed E-state index contributed by atoms with van der Waals surface area (Å²) in [5.41, 5.74) is 0. The van der Waals surface area contributed by atoms with Gasteiger partial charge in [-0.25, -0.2) is 6.42 Å². The SMILES string of the molecule is CCOC(=O)[CH-]C(C)=O.O.O.[CH2-]C(=O)CC(=O)OCC.[CH2-]CC.[Ti+3]. The van der Waals surface area contributed by atoms with Crippen LogP contribution < -0.4 is 0 Å². The monoisotopic (exact) mass is 385 g/mol. The van der Waals surface area contributed by atoms with Crippen molar-refractivity contribution in [2.24, 2.45) is 0 Å². The zero-order valence-corrected chi connectivity index (χ0v) is 16.3. The molecular weight excluding hydrogens is 356 g/mol. The maximum Gasteiger partial charge on any atom is 3.00 e. The number of ether oxygens (including phenoxy) is 2. The standard InChI is InChI=1S/2C6H9O3.C3H7.2H2O.Ti/c2*1-3-9-6(8)4-5(2)7;1-3-2;;;/h4H,3H2,1-2H3;2-4H2,1H3;1,3H2,2H3;2*1H2;/q3*-1;;;+3. The van der Waals surface area contributed by atoms with Crippen LogP contribution in [-0.2, 0) is 50.4 Å². The summed E-state index contributed by atoms with van der Waals surface area (Å²) in [5.74, 6) is -1.76. The second-order valence-electron chi connectivity index (χ2n) is 3.53. The average molecular weight is 385 g/mol. The van der Waals surface area contributed by atoms with Gasteiger partial charge in [-0.05, 0) is 20.8 Å². The predicted octanol–water partition coefficient (Wildman–Crippen LogP) is 0.264. The maximum atomic E-state index is 10.4. The summed E-state index contributed by atoms with van der Waals surface area (Å²) < 4.78 is 8.89. The molecular formula is C15H29O8Ti. The summed E-state index contributed by atoms with van der Waals surface area (Å²) in [6.45, 7) is 13.8. The van der Waals surface area contributed by atoms with Crippen LogP contribution in [0.15, 0.2) is 0 Å². The number of Topliss-reactive ketones (excluding diaryl/α,β-unsaturated/α-hetero) is 2. The Morgan fingerprint density at radius 2 is 1.33 bits per heavy atom. The molecule has 0 bridgehead atoms. The van der Waals surface area contributed by atoms with E-state index in [1.54, 1.807) is 13.8 Å². The van der Waals surface area contributed by atoms with E-state index in [2.05, 4.69) is 23.3 Å². The van der Waals surface area contributed by atoms with Crippen molar-refractivity contribution in [3.05, 3.63) is 20.3 Å². The van der Waals surface area contributed by atoms with Crippen LogP contribution >= 0.6 is 0 Å². The Hall–Kier alpha value is -1.35. The fraction of sp³-hybridized carbons (Fsp3) is 0.533. The number of hydrogen-bond acceptors (Lipinski definition) is 6. The van der Waals surface area contributed by atoms with Crippen molar-refractivity contribution >= 4 is 23.5 Å². The molecule has 1 radical (unpaired) electrons. The number of carbonyl (C=O) groups is 4. The van der Waals surface area contributed by atoms with Gasteiger partial charge in [-0.2, -0.15) is 6.42 Å². The van der Waals surface area contributed by atoms with Crippen molar-refractivity contribution in [2.75, 3.05) is 13.2 Å². The van der Waals surface area contributed by atoms with E-state index in [0.717, 1.165) is 12.8 Å². The second kappa shape index (κ2) is 29.6. The molecule has 0 atom stereocenters. The van der Waals surface area contributed by atoms with Crippen LogP contribution in [0.3, 0.4) is 0 Å². The number of rotatable bonds is 6. The first-order valence-electron chi connectivity index (χ1n) is 6.56. The number of carbonyl (C=O) groups excluding carboxylic acids is 4. The molecule has 0 aromatic rings. The van der Waals surface area contributed by atoms with E-state index in [9.17, 15) is 19.2 Å². The van der Waals surface area contributed by atoms with Crippen LogP contribution in [0.5, 0.6) is 0 Å². The zero-order chi connectivity index (χ0) is 17.3. The molecule has 0 fully saturated rings. The summed E-state index contributed by atoms with van der Waals surface area (Å²) in [6, 6.07) is 0. The maximum absolute atomic E-state index is 10.4. The molecule has 0 spiro atoms. The Morgan fingerprint density at radius 1 is 0.958 bits per heavy atom. The molecule has 0 saturated carbocycles. The van der Waals surface area contributed by atoms with Gasteiger partial charge in [0, 0.05) is 11.6 Å². The van der Waals surface area contributed by atoms with Crippen molar-refractivity contribution in [1.29, 1.82) is 0 Å². The van der Waals surface area contributed by atoms with Gasteiger partial charge in [0.2, 0.25) is 0 Å². The quantitative estimate of drug-likeness (QED) is 0.277. The van der Waals surface area contributed by atoms with Crippen molar-refractivity contribution in [3.8, 4) is 0 Å². The molecule has 0 heterocycles. The fourth-order valence-corrected chi connectivity index (χ4v) is 0.723. The normalized spacial score (nSPS) is 7.04. The van der Waals surface area contributed by atoms with Gasteiger partial charge in [-0.1, -0.05) is 6.92 Å². The molecule has 9 heteroatoms. The van der Waals surface area contributed by atoms with Crippen LogP contribution in [0.4, 0.5) is 0 Å². The third-order valence-electron chi connectivity index (χ3n) is 1.25. The number of esters is 2. The molecule has 0 aliphatic heterocycles. The third-order valence-corrected chi connectivity index (χ3v) is 1.25. The van der Waals surface area contributed by atoms with Crippen LogP contribution in [0.25, 0.3) is 0 Å². The first-order chi connectivity index (χ1) is 9.74. The fourth-order valence-electron chi connectivity index (χ4n) is 0.723. The van der Waals surface area contributed by atoms with E-state index in [4.69, 9.17) is 0 Å². The number of hydrogen-bond donors (Lipinski definition) is 0. The smallest absolute Gasteiger partial charge is 0.488 e. The molecule has 8 nitrogen and oxygen atoms in total. The minimum absolute atomic E-state index is 0. The van der Waals surface area contributed by atoms with Crippen molar-refractivity contribution in [2.45, 2.75) is 40.5 Å². The predicted molar refractivity (Wildman–Crippen MR) is 86.1 cm³/mol. The Morgan fingerprint density at radius 3 is 1.58 bits per heavy atom. The molecule has 141 valence electrons. The van der Waals surface area contributed by atoms with E-state index in [1.165, 1.54) is 6.92 Å². The van der Waals surface area contributed by atoms with E-state index in [1.807, 2.05) is 6.92 Å². The minimum atomic E-state index is -0.565. The van der Waals surface area contributed by atoms with Gasteiger partial charge in [0.1, 0.15) is 0 Å². The van der Waals surface area contributed by atoms with Crippen LogP contribution in [0, 0.1) is 20.3 Å². The summed E-state index contributed by atoms with van der Waals surface area (Å²) in [5, 5.41) is 0. The van der Waals surface area contributed by atoms with Crippen LogP contribution in [0.2, 0.25) is 0 Å². The molecule has 0 unspecified atom stereocenters. The van der Waals surface area contributed by atoms with E-state index in [-0.39, 0.29) is 44.9 Å². The number of ketones is 2. The molecule has 0 aliphatic carbocycles. The first-order valence-corrected chi connectivity index (χ1v) is 6.56. The Kier molecular flexibility index (Phi) is 47.3. The third kappa shape index (κ3) is 49.8. The molecule has 0 amide bonds. The molecule has 0 rings (SSSR count). The van der Waals surface area contributed by atoms with Gasteiger partial charge in [0.25, 0.3) is 0 Å². The molecule has 24 heavy (non-hydrogen) atoms. The van der Waals surface area contributed by atoms with E-state index < -0.39 is 17.7 Å². The van der Waals surface area contributed by atoms with E-state index in [0.29, 0.717) is 13.2 Å².